The molecule has 0 atom stereocenters. The lowest BCUT2D eigenvalue weighted by molar-refractivity contribution is -0.269. The highest BCUT2D eigenvalue weighted by Crippen LogP contribution is 2.25. The molecular weight excluding hydrogens is 305 g/mol. The summed E-state index contributed by atoms with van der Waals surface area (Å²) in [5, 5.41) is 3.21. The number of halogens is 2. The van der Waals surface area contributed by atoms with Crippen molar-refractivity contribution in [2.75, 3.05) is 32.7 Å². The Kier molecular flexibility index (Phi) is 5.56. The van der Waals surface area contributed by atoms with Crippen LogP contribution in [-0.4, -0.2) is 53.1 Å². The van der Waals surface area contributed by atoms with E-state index in [4.69, 9.17) is 28.1 Å². The molecule has 1 fully saturated rings. The molecule has 2 heterocycles. The van der Waals surface area contributed by atoms with E-state index in [0.29, 0.717) is 5.56 Å². The fourth-order valence-corrected chi connectivity index (χ4v) is 2.19. The summed E-state index contributed by atoms with van der Waals surface area (Å²) in [6.07, 6.45) is 2.96. The van der Waals surface area contributed by atoms with Crippen molar-refractivity contribution in [3.05, 3.63) is 30.1 Å². The van der Waals surface area contributed by atoms with Crippen molar-refractivity contribution in [3.63, 3.8) is 0 Å². The summed E-state index contributed by atoms with van der Waals surface area (Å²) in [6.45, 7) is 3.59. The molecule has 1 saturated heterocycles. The first-order valence-electron chi connectivity index (χ1n) is 6.18. The highest BCUT2D eigenvalue weighted by Gasteiger charge is 2.32. The van der Waals surface area contributed by atoms with Gasteiger partial charge in [0.1, 0.15) is 0 Å². The smallest absolute Gasteiger partial charge is 0.314 e. The average molecular weight is 320 g/mol. The van der Waals surface area contributed by atoms with Gasteiger partial charge in [0.2, 0.25) is 0 Å². The van der Waals surface area contributed by atoms with Crippen molar-refractivity contribution in [2.45, 2.75) is 4.52 Å². The first kappa shape index (κ1) is 15.5. The third kappa shape index (κ3) is 4.88. The molecule has 0 aliphatic carbocycles. The molecule has 0 saturated carbocycles. The number of hydrogen-bond acceptors (Lipinski definition) is 6. The maximum Gasteiger partial charge on any atom is 0.373 e. The van der Waals surface area contributed by atoms with Crippen LogP contribution in [0.5, 0.6) is 0 Å². The number of nitrogens with zero attached hydrogens (tertiary/aromatic N) is 2. The molecule has 0 bridgehead atoms. The molecule has 20 heavy (non-hydrogen) atoms. The maximum atomic E-state index is 11.7. The number of alkyl halides is 2. The summed E-state index contributed by atoms with van der Waals surface area (Å²) in [7, 11) is 0. The zero-order valence-electron chi connectivity index (χ0n) is 10.7. The lowest BCUT2D eigenvalue weighted by Crippen LogP contribution is -2.48. The van der Waals surface area contributed by atoms with Crippen molar-refractivity contribution in [2.24, 2.45) is 0 Å². The monoisotopic (exact) mass is 319 g/mol. The Morgan fingerprint density at radius 1 is 1.35 bits per heavy atom. The van der Waals surface area contributed by atoms with E-state index < -0.39 is 10.5 Å². The number of carbonyl (C=O) groups is 1. The van der Waals surface area contributed by atoms with E-state index in [2.05, 4.69) is 15.2 Å². The van der Waals surface area contributed by atoms with Crippen molar-refractivity contribution in [1.82, 2.24) is 15.2 Å². The molecule has 1 aliphatic rings. The lowest BCUT2D eigenvalue weighted by Gasteiger charge is -2.30. The molecule has 0 radical (unpaired) electrons. The minimum atomic E-state index is -1.60. The van der Waals surface area contributed by atoms with Crippen molar-refractivity contribution < 1.29 is 14.6 Å². The number of aromatic nitrogens is 1. The van der Waals surface area contributed by atoms with Gasteiger partial charge < -0.3 is 5.32 Å². The van der Waals surface area contributed by atoms with Gasteiger partial charge in [-0.05, 0) is 12.1 Å². The summed E-state index contributed by atoms with van der Waals surface area (Å²) in [4.78, 5) is 27.0. The van der Waals surface area contributed by atoms with E-state index in [9.17, 15) is 4.79 Å². The second-order valence-corrected chi connectivity index (χ2v) is 5.77. The van der Waals surface area contributed by atoms with Crippen molar-refractivity contribution in [1.29, 1.82) is 0 Å². The van der Waals surface area contributed by atoms with Gasteiger partial charge in [0.05, 0.1) is 12.1 Å². The molecule has 8 heteroatoms. The molecule has 1 aromatic heterocycles. The fraction of sp³-hybridized carbons (Fsp3) is 0.500. The maximum absolute atomic E-state index is 11.7. The summed E-state index contributed by atoms with van der Waals surface area (Å²) in [5.74, 6) is -0.668. The molecule has 6 nitrogen and oxygen atoms in total. The molecule has 2 rings (SSSR count). The second kappa shape index (κ2) is 7.19. The first-order chi connectivity index (χ1) is 9.57. The van der Waals surface area contributed by atoms with Gasteiger partial charge in [-0.1, -0.05) is 23.2 Å². The number of piperazine rings is 1. The van der Waals surface area contributed by atoms with Gasteiger partial charge in [-0.25, -0.2) is 4.79 Å². The normalized spacial score (nSPS) is 16.9. The minimum Gasteiger partial charge on any atom is -0.314 e. The lowest BCUT2D eigenvalue weighted by atomic mass is 10.3. The van der Waals surface area contributed by atoms with Crippen LogP contribution < -0.4 is 5.32 Å². The summed E-state index contributed by atoms with van der Waals surface area (Å²) in [6, 6.07) is 3.01. The van der Waals surface area contributed by atoms with Crippen LogP contribution in [-0.2, 0) is 9.78 Å². The van der Waals surface area contributed by atoms with Gasteiger partial charge in [0, 0.05) is 38.6 Å². The quantitative estimate of drug-likeness (QED) is 0.500. The van der Waals surface area contributed by atoms with Crippen molar-refractivity contribution in [3.8, 4) is 0 Å². The van der Waals surface area contributed by atoms with Gasteiger partial charge in [-0.2, -0.15) is 0 Å². The van der Waals surface area contributed by atoms with Gasteiger partial charge in [-0.15, -0.1) is 4.89 Å². The third-order valence-corrected chi connectivity index (χ3v) is 3.14. The van der Waals surface area contributed by atoms with Crippen LogP contribution in [0, 0.1) is 0 Å². The van der Waals surface area contributed by atoms with E-state index in [1.165, 1.54) is 24.5 Å². The zero-order valence-corrected chi connectivity index (χ0v) is 12.2. The van der Waals surface area contributed by atoms with E-state index in [1.807, 2.05) is 4.90 Å². The van der Waals surface area contributed by atoms with Crippen molar-refractivity contribution >= 4 is 29.2 Å². The summed E-state index contributed by atoms with van der Waals surface area (Å²) >= 11 is 12.0. The Balaban J connectivity index is 1.80. The Bertz CT molecular complexity index is 439. The number of rotatable bonds is 5. The first-order valence-corrected chi connectivity index (χ1v) is 6.93. The van der Waals surface area contributed by atoms with Crippen LogP contribution in [0.4, 0.5) is 0 Å². The number of hydrogen-bond donors (Lipinski definition) is 1. The van der Waals surface area contributed by atoms with Gasteiger partial charge in [-0.3, -0.25) is 14.8 Å². The highest BCUT2D eigenvalue weighted by atomic mass is 35.5. The SMILES string of the molecule is O=C(OOC(Cl)(Cl)CN1CCNCC1)c1ccncc1. The summed E-state index contributed by atoms with van der Waals surface area (Å²) in [5.41, 5.74) is 0.311. The average Bonchev–Trinajstić information content (AvgIpc) is 2.46. The number of nitrogens with one attached hydrogen (secondary N) is 1. The Morgan fingerprint density at radius 3 is 2.65 bits per heavy atom. The van der Waals surface area contributed by atoms with Crippen LogP contribution in [0.15, 0.2) is 24.5 Å². The molecule has 1 aliphatic heterocycles. The van der Waals surface area contributed by atoms with Gasteiger partial charge >= 0.3 is 5.97 Å². The van der Waals surface area contributed by atoms with Crippen LogP contribution in [0.3, 0.4) is 0 Å². The van der Waals surface area contributed by atoms with E-state index >= 15 is 0 Å². The zero-order chi connectivity index (χ0) is 14.4. The molecule has 0 spiro atoms. The molecule has 1 N–H and O–H groups in total. The number of pyridine rings is 1. The van der Waals surface area contributed by atoms with Gasteiger partial charge in [0.15, 0.2) is 0 Å². The predicted octanol–water partition coefficient (Wildman–Crippen LogP) is 1.21. The van der Waals surface area contributed by atoms with Crippen LogP contribution in [0.25, 0.3) is 0 Å². The van der Waals surface area contributed by atoms with Crippen LogP contribution in [0.2, 0.25) is 0 Å². The molecule has 1 aromatic rings. The Labute approximate surface area is 126 Å². The third-order valence-electron chi connectivity index (χ3n) is 2.77. The fourth-order valence-electron chi connectivity index (χ4n) is 1.79. The van der Waals surface area contributed by atoms with E-state index in [-0.39, 0.29) is 6.54 Å². The predicted molar refractivity (Wildman–Crippen MR) is 74.5 cm³/mol. The Morgan fingerprint density at radius 2 is 2.00 bits per heavy atom. The number of carbonyl (C=O) groups excluding carboxylic acids is 1. The van der Waals surface area contributed by atoms with Crippen LogP contribution >= 0.6 is 23.2 Å². The van der Waals surface area contributed by atoms with E-state index in [0.717, 1.165) is 26.2 Å². The largest absolute Gasteiger partial charge is 0.373 e. The standard InChI is InChI=1S/C12H15Cl2N3O3/c13-12(14,9-17-7-5-16-6-8-17)20-19-11(18)10-1-3-15-4-2-10/h1-4,16H,5-9H2. The topological polar surface area (TPSA) is 63.7 Å². The molecule has 0 amide bonds. The molecule has 0 aromatic carbocycles. The van der Waals surface area contributed by atoms with E-state index in [1.54, 1.807) is 0 Å². The highest BCUT2D eigenvalue weighted by molar-refractivity contribution is 6.47. The Hall–Kier alpha value is -0.920. The summed E-state index contributed by atoms with van der Waals surface area (Å²) < 4.78 is -1.60. The molecule has 110 valence electrons. The molecule has 0 unspecified atom stereocenters. The molecular formula is C12H15Cl2N3O3. The van der Waals surface area contributed by atoms with Crippen LogP contribution in [0.1, 0.15) is 10.4 Å². The second-order valence-electron chi connectivity index (χ2n) is 4.35. The van der Waals surface area contributed by atoms with Gasteiger partial charge in [0.25, 0.3) is 4.52 Å². The minimum absolute atomic E-state index is 0.251.